The Bertz CT molecular complexity index is 1240. The lowest BCUT2D eigenvalue weighted by molar-refractivity contribution is 0.402. The van der Waals surface area contributed by atoms with Crippen LogP contribution in [-0.2, 0) is 0 Å². The SMILES string of the molecule is N#Cc1ccc2c(-c3cncc4cnc(N[C@@H]5CCCC[C@@H]5N)nc34)c[nH]c2c1. The van der Waals surface area contributed by atoms with E-state index in [0.717, 1.165) is 45.8 Å². The smallest absolute Gasteiger partial charge is 0.223 e. The van der Waals surface area contributed by atoms with Crippen molar-refractivity contribution in [2.75, 3.05) is 5.32 Å². The molecule has 5 rings (SSSR count). The molecule has 1 aliphatic carbocycles. The highest BCUT2D eigenvalue weighted by Gasteiger charge is 2.22. The molecule has 4 N–H and O–H groups in total. The number of hydrogen-bond donors (Lipinski definition) is 3. The van der Waals surface area contributed by atoms with Crippen LogP contribution >= 0.6 is 0 Å². The van der Waals surface area contributed by atoms with E-state index in [1.54, 1.807) is 12.4 Å². The molecule has 0 radical (unpaired) electrons. The van der Waals surface area contributed by atoms with Gasteiger partial charge in [-0.25, -0.2) is 9.97 Å². The molecule has 1 aromatic carbocycles. The average molecular weight is 383 g/mol. The summed E-state index contributed by atoms with van der Waals surface area (Å²) < 4.78 is 0. The van der Waals surface area contributed by atoms with Crippen LogP contribution in [0.2, 0.25) is 0 Å². The van der Waals surface area contributed by atoms with Gasteiger partial charge in [-0.05, 0) is 25.0 Å². The first kappa shape index (κ1) is 17.6. The van der Waals surface area contributed by atoms with Crippen LogP contribution in [-0.4, -0.2) is 32.0 Å². The maximum Gasteiger partial charge on any atom is 0.223 e. The Hall–Kier alpha value is -3.50. The fourth-order valence-corrected chi connectivity index (χ4v) is 4.14. The molecule has 3 aromatic heterocycles. The van der Waals surface area contributed by atoms with Crippen molar-refractivity contribution < 1.29 is 0 Å². The third-order valence-corrected chi connectivity index (χ3v) is 5.72. The highest BCUT2D eigenvalue weighted by atomic mass is 15.1. The molecule has 0 unspecified atom stereocenters. The lowest BCUT2D eigenvalue weighted by Gasteiger charge is -2.29. The summed E-state index contributed by atoms with van der Waals surface area (Å²) in [4.78, 5) is 16.9. The summed E-state index contributed by atoms with van der Waals surface area (Å²) in [6.45, 7) is 0. The molecule has 0 bridgehead atoms. The van der Waals surface area contributed by atoms with Gasteiger partial charge < -0.3 is 16.0 Å². The predicted molar refractivity (Wildman–Crippen MR) is 113 cm³/mol. The first-order valence-electron chi connectivity index (χ1n) is 9.87. The zero-order valence-electron chi connectivity index (χ0n) is 15.9. The summed E-state index contributed by atoms with van der Waals surface area (Å²) in [5.74, 6) is 0.596. The van der Waals surface area contributed by atoms with Crippen LogP contribution in [0.3, 0.4) is 0 Å². The van der Waals surface area contributed by atoms with Crippen LogP contribution in [0.4, 0.5) is 5.95 Å². The summed E-state index contributed by atoms with van der Waals surface area (Å²) in [6, 6.07) is 8.14. The van der Waals surface area contributed by atoms with E-state index in [1.807, 2.05) is 30.6 Å². The molecule has 7 heteroatoms. The van der Waals surface area contributed by atoms with Gasteiger partial charge in [-0.3, -0.25) is 4.98 Å². The van der Waals surface area contributed by atoms with Crippen molar-refractivity contribution in [3.8, 4) is 17.2 Å². The fraction of sp³-hybridized carbons (Fsp3) is 0.273. The molecular weight excluding hydrogens is 362 g/mol. The zero-order chi connectivity index (χ0) is 19.8. The van der Waals surface area contributed by atoms with Crippen LogP contribution < -0.4 is 11.1 Å². The minimum Gasteiger partial charge on any atom is -0.361 e. The highest BCUT2D eigenvalue weighted by Crippen LogP contribution is 2.33. The first-order valence-corrected chi connectivity index (χ1v) is 9.87. The van der Waals surface area contributed by atoms with Crippen LogP contribution in [0.1, 0.15) is 31.2 Å². The van der Waals surface area contributed by atoms with Gasteiger partial charge in [0.2, 0.25) is 5.95 Å². The zero-order valence-corrected chi connectivity index (χ0v) is 15.9. The van der Waals surface area contributed by atoms with Crippen molar-refractivity contribution in [2.24, 2.45) is 5.73 Å². The molecule has 29 heavy (non-hydrogen) atoms. The van der Waals surface area contributed by atoms with E-state index >= 15 is 0 Å². The largest absolute Gasteiger partial charge is 0.361 e. The quantitative estimate of drug-likeness (QED) is 0.496. The Morgan fingerprint density at radius 3 is 2.90 bits per heavy atom. The Labute approximate surface area is 168 Å². The van der Waals surface area contributed by atoms with Gasteiger partial charge in [-0.15, -0.1) is 0 Å². The Morgan fingerprint density at radius 1 is 1.14 bits per heavy atom. The lowest BCUT2D eigenvalue weighted by atomic mass is 9.91. The third kappa shape index (κ3) is 3.18. The minimum absolute atomic E-state index is 0.128. The summed E-state index contributed by atoms with van der Waals surface area (Å²) in [6.07, 6.45) is 11.8. The standard InChI is InChI=1S/C22H21N7/c23-8-13-5-6-15-16(12-26-20(15)7-13)17-11-25-9-14-10-27-22(29-21(14)17)28-19-4-2-1-3-18(19)24/h5-7,9-12,18-19,26H,1-4,24H2,(H,27,28,29)/t18-,19+/m0/s1. The number of fused-ring (bicyclic) bond motifs is 2. The molecule has 0 amide bonds. The number of hydrogen-bond acceptors (Lipinski definition) is 6. The molecule has 0 aliphatic heterocycles. The second-order valence-electron chi connectivity index (χ2n) is 7.59. The van der Waals surface area contributed by atoms with E-state index < -0.39 is 0 Å². The molecule has 1 fully saturated rings. The molecule has 1 saturated carbocycles. The van der Waals surface area contributed by atoms with Crippen molar-refractivity contribution in [2.45, 2.75) is 37.8 Å². The number of nitriles is 1. The van der Waals surface area contributed by atoms with E-state index in [0.29, 0.717) is 11.5 Å². The van der Waals surface area contributed by atoms with Gasteiger partial charge in [0.05, 0.1) is 17.1 Å². The molecule has 144 valence electrons. The molecular formula is C22H21N7. The van der Waals surface area contributed by atoms with Crippen molar-refractivity contribution in [1.82, 2.24) is 19.9 Å². The number of nitrogens with two attached hydrogens (primary N) is 1. The number of aromatic amines is 1. The molecule has 2 atom stereocenters. The number of anilines is 1. The number of benzene rings is 1. The molecule has 3 heterocycles. The van der Waals surface area contributed by atoms with Gasteiger partial charge in [0.25, 0.3) is 0 Å². The molecule has 1 aliphatic rings. The summed E-state index contributed by atoms with van der Waals surface area (Å²) in [5.41, 5.74) is 10.6. The van der Waals surface area contributed by atoms with Crippen molar-refractivity contribution in [3.63, 3.8) is 0 Å². The maximum absolute atomic E-state index is 9.14. The summed E-state index contributed by atoms with van der Waals surface area (Å²) in [7, 11) is 0. The van der Waals surface area contributed by atoms with Crippen LogP contribution in [0.25, 0.3) is 32.9 Å². The number of pyridine rings is 1. The molecule has 0 saturated heterocycles. The fourth-order valence-electron chi connectivity index (χ4n) is 4.14. The van der Waals surface area contributed by atoms with E-state index in [2.05, 4.69) is 26.3 Å². The Kier molecular flexibility index (Phi) is 4.34. The van der Waals surface area contributed by atoms with Crippen molar-refractivity contribution in [3.05, 3.63) is 48.5 Å². The van der Waals surface area contributed by atoms with Crippen LogP contribution in [0.15, 0.2) is 43.0 Å². The second-order valence-corrected chi connectivity index (χ2v) is 7.59. The predicted octanol–water partition coefficient (Wildman–Crippen LogP) is 3.73. The first-order chi connectivity index (χ1) is 14.2. The van der Waals surface area contributed by atoms with E-state index in [1.165, 1.54) is 12.8 Å². The third-order valence-electron chi connectivity index (χ3n) is 5.72. The van der Waals surface area contributed by atoms with Crippen LogP contribution in [0, 0.1) is 11.3 Å². The average Bonchev–Trinajstić information content (AvgIpc) is 3.18. The van der Waals surface area contributed by atoms with Gasteiger partial charge >= 0.3 is 0 Å². The van der Waals surface area contributed by atoms with Gasteiger partial charge in [-0.2, -0.15) is 5.26 Å². The summed E-state index contributed by atoms with van der Waals surface area (Å²) >= 11 is 0. The maximum atomic E-state index is 9.14. The van der Waals surface area contributed by atoms with Crippen molar-refractivity contribution >= 4 is 27.8 Å². The number of rotatable bonds is 3. The van der Waals surface area contributed by atoms with Crippen molar-refractivity contribution in [1.29, 1.82) is 5.26 Å². The van der Waals surface area contributed by atoms with E-state index in [9.17, 15) is 0 Å². The highest BCUT2D eigenvalue weighted by molar-refractivity contribution is 6.03. The Morgan fingerprint density at radius 2 is 2.03 bits per heavy atom. The number of nitrogens with zero attached hydrogens (tertiary/aromatic N) is 4. The van der Waals surface area contributed by atoms with E-state index in [-0.39, 0.29) is 12.1 Å². The van der Waals surface area contributed by atoms with Gasteiger partial charge in [-0.1, -0.05) is 18.9 Å². The second kappa shape index (κ2) is 7.15. The minimum atomic E-state index is 0.128. The van der Waals surface area contributed by atoms with Gasteiger partial charge in [0.1, 0.15) is 0 Å². The number of H-pyrrole nitrogens is 1. The summed E-state index contributed by atoms with van der Waals surface area (Å²) in [5, 5.41) is 14.5. The number of nitrogens with one attached hydrogen (secondary N) is 2. The van der Waals surface area contributed by atoms with Gasteiger partial charge in [0.15, 0.2) is 0 Å². The lowest BCUT2D eigenvalue weighted by Crippen LogP contribution is -2.42. The Balaban J connectivity index is 1.58. The van der Waals surface area contributed by atoms with Gasteiger partial charge in [0, 0.05) is 64.3 Å². The van der Waals surface area contributed by atoms with E-state index in [4.69, 9.17) is 16.0 Å². The number of aromatic nitrogens is 4. The molecule has 4 aromatic rings. The monoisotopic (exact) mass is 383 g/mol. The normalized spacial score (nSPS) is 19.3. The topological polar surface area (TPSA) is 116 Å². The molecule has 7 nitrogen and oxygen atoms in total. The molecule has 0 spiro atoms. The van der Waals surface area contributed by atoms with Crippen LogP contribution in [0.5, 0.6) is 0 Å².